The molecule has 1 aromatic heterocycles. The number of nitrogen functional groups attached to an aromatic ring is 1. The monoisotopic (exact) mass is 314 g/mol. The first-order valence-corrected chi connectivity index (χ1v) is 7.67. The van der Waals surface area contributed by atoms with Gasteiger partial charge in [-0.1, -0.05) is 17.7 Å². The third kappa shape index (κ3) is 3.88. The van der Waals surface area contributed by atoms with Gasteiger partial charge in [-0.25, -0.2) is 9.99 Å². The standard InChI is InChI=1S/C16H22N6O/c1-12-3-5-13(6-4-12)23-16-14(17)15(18-11-19-16)20-22-9-7-21(2)8-10-22/h3-6,11H,7-10,17H2,1-2H3,(H,18,19,20). The van der Waals surface area contributed by atoms with Crippen LogP contribution in [0.3, 0.4) is 0 Å². The molecule has 7 heteroatoms. The van der Waals surface area contributed by atoms with Gasteiger partial charge in [-0.15, -0.1) is 0 Å². The Balaban J connectivity index is 1.71. The molecule has 0 aliphatic carbocycles. The van der Waals surface area contributed by atoms with Gasteiger partial charge in [0, 0.05) is 26.2 Å². The SMILES string of the molecule is Cc1ccc(Oc2ncnc(NN3CCN(C)CC3)c2N)cc1. The van der Waals surface area contributed by atoms with E-state index < -0.39 is 0 Å². The molecule has 0 spiro atoms. The summed E-state index contributed by atoms with van der Waals surface area (Å²) in [4.78, 5) is 10.6. The number of rotatable bonds is 4. The van der Waals surface area contributed by atoms with E-state index >= 15 is 0 Å². The minimum Gasteiger partial charge on any atom is -0.437 e. The van der Waals surface area contributed by atoms with Crippen molar-refractivity contribution in [3.05, 3.63) is 36.2 Å². The molecule has 1 aliphatic heterocycles. The number of benzene rings is 1. The Morgan fingerprint density at radius 3 is 2.48 bits per heavy atom. The highest BCUT2D eigenvalue weighted by atomic mass is 16.5. The normalized spacial score (nSPS) is 16.3. The van der Waals surface area contributed by atoms with Crippen LogP contribution in [0.15, 0.2) is 30.6 Å². The third-order valence-corrected chi connectivity index (χ3v) is 3.85. The van der Waals surface area contributed by atoms with E-state index in [4.69, 9.17) is 10.5 Å². The van der Waals surface area contributed by atoms with Crippen molar-refractivity contribution >= 4 is 11.5 Å². The molecule has 0 bridgehead atoms. The largest absolute Gasteiger partial charge is 0.437 e. The molecule has 1 aromatic carbocycles. The van der Waals surface area contributed by atoms with Crippen LogP contribution in [0.25, 0.3) is 0 Å². The van der Waals surface area contributed by atoms with Gasteiger partial charge in [-0.05, 0) is 26.1 Å². The Kier molecular flexibility index (Phi) is 4.59. The maximum Gasteiger partial charge on any atom is 0.248 e. The second-order valence-corrected chi connectivity index (χ2v) is 5.76. The molecule has 3 N–H and O–H groups in total. The van der Waals surface area contributed by atoms with E-state index in [-0.39, 0.29) is 0 Å². The van der Waals surface area contributed by atoms with Crippen molar-refractivity contribution in [2.45, 2.75) is 6.92 Å². The van der Waals surface area contributed by atoms with E-state index in [0.29, 0.717) is 23.1 Å². The minimum absolute atomic E-state index is 0.362. The van der Waals surface area contributed by atoms with Crippen molar-refractivity contribution < 1.29 is 4.74 Å². The van der Waals surface area contributed by atoms with E-state index in [2.05, 4.69) is 32.4 Å². The average Bonchev–Trinajstić information content (AvgIpc) is 2.55. The van der Waals surface area contributed by atoms with Gasteiger partial charge in [-0.2, -0.15) is 4.98 Å². The van der Waals surface area contributed by atoms with Gasteiger partial charge in [0.2, 0.25) is 5.88 Å². The van der Waals surface area contributed by atoms with Crippen LogP contribution in [0, 0.1) is 6.92 Å². The fourth-order valence-corrected chi connectivity index (χ4v) is 2.34. The predicted octanol–water partition coefficient (Wildman–Crippen LogP) is 1.73. The summed E-state index contributed by atoms with van der Waals surface area (Å²) in [6.45, 7) is 5.86. The van der Waals surface area contributed by atoms with Crippen molar-refractivity contribution in [2.24, 2.45) is 0 Å². The Bertz CT molecular complexity index is 652. The molecular formula is C16H22N6O. The summed E-state index contributed by atoms with van der Waals surface area (Å²) in [5.41, 5.74) is 11.0. The van der Waals surface area contributed by atoms with Crippen LogP contribution in [0.2, 0.25) is 0 Å². The lowest BCUT2D eigenvalue weighted by atomic mass is 10.2. The van der Waals surface area contributed by atoms with Crippen molar-refractivity contribution in [1.82, 2.24) is 19.9 Å². The number of aromatic nitrogens is 2. The smallest absolute Gasteiger partial charge is 0.248 e. The number of ether oxygens (including phenoxy) is 1. The van der Waals surface area contributed by atoms with Crippen molar-refractivity contribution in [3.63, 3.8) is 0 Å². The fraction of sp³-hybridized carbons (Fsp3) is 0.375. The molecule has 1 fully saturated rings. The zero-order chi connectivity index (χ0) is 16.2. The van der Waals surface area contributed by atoms with Crippen molar-refractivity contribution in [2.75, 3.05) is 44.4 Å². The molecule has 0 unspecified atom stereocenters. The topological polar surface area (TPSA) is 79.5 Å². The molecule has 7 nitrogen and oxygen atoms in total. The first kappa shape index (κ1) is 15.5. The Labute approximate surface area is 136 Å². The van der Waals surface area contributed by atoms with Crippen LogP contribution in [-0.4, -0.2) is 53.1 Å². The molecule has 0 atom stereocenters. The lowest BCUT2D eigenvalue weighted by Gasteiger charge is -2.32. The number of likely N-dealkylation sites (N-methyl/N-ethyl adjacent to an activating group) is 1. The first-order chi connectivity index (χ1) is 11.1. The molecule has 1 saturated heterocycles. The molecule has 0 radical (unpaired) electrons. The van der Waals surface area contributed by atoms with Gasteiger partial charge < -0.3 is 20.8 Å². The number of anilines is 2. The molecule has 3 rings (SSSR count). The lowest BCUT2D eigenvalue weighted by molar-refractivity contribution is 0.178. The van der Waals surface area contributed by atoms with E-state index in [1.54, 1.807) is 0 Å². The molecule has 2 aromatic rings. The molecule has 122 valence electrons. The quantitative estimate of drug-likeness (QED) is 0.889. The van der Waals surface area contributed by atoms with E-state index in [1.807, 2.05) is 31.2 Å². The maximum absolute atomic E-state index is 6.16. The van der Waals surface area contributed by atoms with Gasteiger partial charge in [0.05, 0.1) is 0 Å². The number of nitrogens with one attached hydrogen (secondary N) is 1. The second kappa shape index (κ2) is 6.80. The highest BCUT2D eigenvalue weighted by Gasteiger charge is 2.17. The van der Waals surface area contributed by atoms with E-state index in [9.17, 15) is 0 Å². The molecule has 2 heterocycles. The molecule has 1 aliphatic rings. The Morgan fingerprint density at radius 1 is 1.09 bits per heavy atom. The Morgan fingerprint density at radius 2 is 1.78 bits per heavy atom. The van der Waals surface area contributed by atoms with Crippen molar-refractivity contribution in [3.8, 4) is 11.6 Å². The number of aryl methyl sites for hydroxylation is 1. The average molecular weight is 314 g/mol. The summed E-state index contributed by atoms with van der Waals surface area (Å²) in [5.74, 6) is 1.64. The highest BCUT2D eigenvalue weighted by Crippen LogP contribution is 2.29. The number of hydrazine groups is 1. The van der Waals surface area contributed by atoms with Crippen LogP contribution in [0.5, 0.6) is 11.6 Å². The summed E-state index contributed by atoms with van der Waals surface area (Å²) >= 11 is 0. The van der Waals surface area contributed by atoms with Crippen molar-refractivity contribution in [1.29, 1.82) is 0 Å². The van der Waals surface area contributed by atoms with Gasteiger partial charge in [0.1, 0.15) is 17.8 Å². The maximum atomic E-state index is 6.16. The van der Waals surface area contributed by atoms with Crippen LogP contribution in [-0.2, 0) is 0 Å². The molecule has 0 saturated carbocycles. The zero-order valence-electron chi connectivity index (χ0n) is 13.5. The minimum atomic E-state index is 0.362. The van der Waals surface area contributed by atoms with E-state index in [0.717, 1.165) is 26.2 Å². The lowest BCUT2D eigenvalue weighted by Crippen LogP contribution is -2.47. The van der Waals surface area contributed by atoms with Gasteiger partial charge in [0.15, 0.2) is 5.82 Å². The fourth-order valence-electron chi connectivity index (χ4n) is 2.34. The molecule has 0 amide bonds. The third-order valence-electron chi connectivity index (χ3n) is 3.85. The van der Waals surface area contributed by atoms with Gasteiger partial charge >= 0.3 is 0 Å². The Hall–Kier alpha value is -2.38. The summed E-state index contributed by atoms with van der Waals surface area (Å²) in [6, 6.07) is 7.75. The number of hydrogen-bond acceptors (Lipinski definition) is 7. The summed E-state index contributed by atoms with van der Waals surface area (Å²) < 4.78 is 5.77. The van der Waals surface area contributed by atoms with Crippen LogP contribution in [0.1, 0.15) is 5.56 Å². The first-order valence-electron chi connectivity index (χ1n) is 7.67. The van der Waals surface area contributed by atoms with E-state index in [1.165, 1.54) is 11.9 Å². The number of piperazine rings is 1. The predicted molar refractivity (Wildman–Crippen MR) is 90.4 cm³/mol. The molecular weight excluding hydrogens is 292 g/mol. The summed E-state index contributed by atoms with van der Waals surface area (Å²) in [6.07, 6.45) is 1.46. The van der Waals surface area contributed by atoms with Gasteiger partial charge in [-0.3, -0.25) is 0 Å². The van der Waals surface area contributed by atoms with Crippen LogP contribution in [0.4, 0.5) is 11.5 Å². The number of nitrogens with zero attached hydrogens (tertiary/aromatic N) is 4. The van der Waals surface area contributed by atoms with Crippen LogP contribution < -0.4 is 15.9 Å². The number of nitrogens with two attached hydrogens (primary N) is 1. The summed E-state index contributed by atoms with van der Waals surface area (Å²) in [5, 5.41) is 2.11. The second-order valence-electron chi connectivity index (χ2n) is 5.76. The zero-order valence-corrected chi connectivity index (χ0v) is 13.5. The number of hydrogen-bond donors (Lipinski definition) is 2. The van der Waals surface area contributed by atoms with Crippen LogP contribution >= 0.6 is 0 Å². The van der Waals surface area contributed by atoms with Gasteiger partial charge in [0.25, 0.3) is 0 Å². The highest BCUT2D eigenvalue weighted by molar-refractivity contribution is 5.66. The molecule has 23 heavy (non-hydrogen) atoms. The summed E-state index contributed by atoms with van der Waals surface area (Å²) in [7, 11) is 2.11.